The Labute approximate surface area is 157 Å². The van der Waals surface area contributed by atoms with Crippen LogP contribution in [0.1, 0.15) is 27.2 Å². The van der Waals surface area contributed by atoms with Gasteiger partial charge in [0, 0.05) is 17.6 Å². The third-order valence-electron chi connectivity index (χ3n) is 6.15. The number of ether oxygens (including phenoxy) is 4. The van der Waals surface area contributed by atoms with Crippen LogP contribution < -0.4 is 0 Å². The Kier molecular flexibility index (Phi) is 4.10. The molecular formula is C20H24O7. The second kappa shape index (κ2) is 6.02. The SMILES string of the molecule is C=C1C(=O)O[C@H]2[C@H]1[C@H](OC(=O)/C(C)=C/C)CC(=C)[C@H](O)[C@@H]1O[C@@H]1[C@@]1(C)O[C@H]21. The highest BCUT2D eigenvalue weighted by atomic mass is 16.7. The lowest BCUT2D eigenvalue weighted by Gasteiger charge is -2.29. The first-order valence-electron chi connectivity index (χ1n) is 9.11. The Morgan fingerprint density at radius 3 is 2.70 bits per heavy atom. The smallest absolute Gasteiger partial charge is 0.334 e. The van der Waals surface area contributed by atoms with Gasteiger partial charge in [-0.05, 0) is 26.3 Å². The van der Waals surface area contributed by atoms with Crippen molar-refractivity contribution in [2.45, 2.75) is 69.4 Å². The van der Waals surface area contributed by atoms with Gasteiger partial charge in [0.05, 0.1) is 5.92 Å². The highest BCUT2D eigenvalue weighted by Gasteiger charge is 2.74. The van der Waals surface area contributed by atoms with E-state index in [2.05, 4.69) is 13.2 Å². The monoisotopic (exact) mass is 376 g/mol. The molecule has 0 spiro atoms. The Bertz CT molecular complexity index is 768. The summed E-state index contributed by atoms with van der Waals surface area (Å²) < 4.78 is 22.8. The number of epoxide rings is 2. The van der Waals surface area contributed by atoms with Gasteiger partial charge < -0.3 is 24.1 Å². The van der Waals surface area contributed by atoms with Crippen molar-refractivity contribution in [3.63, 3.8) is 0 Å². The van der Waals surface area contributed by atoms with Crippen molar-refractivity contribution >= 4 is 11.9 Å². The van der Waals surface area contributed by atoms with Crippen molar-refractivity contribution in [2.24, 2.45) is 5.92 Å². The summed E-state index contributed by atoms with van der Waals surface area (Å²) in [6.45, 7) is 13.1. The van der Waals surface area contributed by atoms with Crippen LogP contribution in [0.25, 0.3) is 0 Å². The minimum Gasteiger partial charge on any atom is -0.458 e. The van der Waals surface area contributed by atoms with Gasteiger partial charge in [-0.15, -0.1) is 0 Å². The lowest BCUT2D eigenvalue weighted by atomic mass is 9.80. The van der Waals surface area contributed by atoms with Gasteiger partial charge in [-0.25, -0.2) is 9.59 Å². The van der Waals surface area contributed by atoms with Crippen molar-refractivity contribution in [1.29, 1.82) is 0 Å². The van der Waals surface area contributed by atoms with Crippen LogP contribution in [0.4, 0.5) is 0 Å². The Morgan fingerprint density at radius 1 is 1.33 bits per heavy atom. The van der Waals surface area contributed by atoms with Crippen molar-refractivity contribution in [3.05, 3.63) is 36.0 Å². The van der Waals surface area contributed by atoms with E-state index in [1.54, 1.807) is 19.9 Å². The number of rotatable bonds is 2. The van der Waals surface area contributed by atoms with Crippen LogP contribution in [0.5, 0.6) is 0 Å². The van der Waals surface area contributed by atoms with Crippen LogP contribution in [0.3, 0.4) is 0 Å². The number of aliphatic hydroxyl groups is 1. The summed E-state index contributed by atoms with van der Waals surface area (Å²) in [6, 6.07) is 0. The predicted molar refractivity (Wildman–Crippen MR) is 93.5 cm³/mol. The number of aliphatic hydroxyl groups excluding tert-OH is 1. The van der Waals surface area contributed by atoms with Crippen LogP contribution in [-0.4, -0.2) is 59.3 Å². The summed E-state index contributed by atoms with van der Waals surface area (Å²) in [7, 11) is 0. The van der Waals surface area contributed by atoms with E-state index in [1.807, 2.05) is 6.92 Å². The fourth-order valence-electron chi connectivity index (χ4n) is 4.18. The summed E-state index contributed by atoms with van der Waals surface area (Å²) in [5.74, 6) is -1.59. The van der Waals surface area contributed by atoms with E-state index in [4.69, 9.17) is 18.9 Å². The molecule has 3 aliphatic heterocycles. The van der Waals surface area contributed by atoms with E-state index in [1.165, 1.54) is 0 Å². The van der Waals surface area contributed by atoms with Gasteiger partial charge in [0.1, 0.15) is 42.2 Å². The van der Waals surface area contributed by atoms with E-state index < -0.39 is 54.0 Å². The lowest BCUT2D eigenvalue weighted by molar-refractivity contribution is -0.148. The molecule has 7 nitrogen and oxygen atoms in total. The Balaban J connectivity index is 1.69. The summed E-state index contributed by atoms with van der Waals surface area (Å²) in [4.78, 5) is 24.6. The van der Waals surface area contributed by atoms with Crippen LogP contribution in [0.15, 0.2) is 36.0 Å². The molecule has 0 aromatic carbocycles. The number of fused-ring (bicyclic) bond motifs is 5. The second-order valence-corrected chi connectivity index (χ2v) is 7.89. The second-order valence-electron chi connectivity index (χ2n) is 7.89. The molecule has 1 aliphatic carbocycles. The molecule has 1 N–H and O–H groups in total. The first-order chi connectivity index (χ1) is 12.7. The molecule has 3 saturated heterocycles. The molecule has 1 saturated carbocycles. The van der Waals surface area contributed by atoms with E-state index in [-0.39, 0.29) is 18.1 Å². The average Bonchev–Trinajstić information content (AvgIpc) is 3.52. The molecule has 4 aliphatic rings. The number of carbonyl (C=O) groups excluding carboxylic acids is 2. The Morgan fingerprint density at radius 2 is 2.04 bits per heavy atom. The molecule has 146 valence electrons. The molecule has 0 unspecified atom stereocenters. The molecule has 0 bridgehead atoms. The summed E-state index contributed by atoms with van der Waals surface area (Å²) in [5, 5.41) is 10.6. The number of allylic oxidation sites excluding steroid dienone is 1. The molecule has 7 heteroatoms. The maximum Gasteiger partial charge on any atom is 0.334 e. The van der Waals surface area contributed by atoms with E-state index in [0.29, 0.717) is 11.1 Å². The van der Waals surface area contributed by atoms with Crippen molar-refractivity contribution < 1.29 is 33.6 Å². The van der Waals surface area contributed by atoms with Crippen molar-refractivity contribution in [3.8, 4) is 0 Å². The van der Waals surface area contributed by atoms with Gasteiger partial charge >= 0.3 is 11.9 Å². The molecule has 27 heavy (non-hydrogen) atoms. The third kappa shape index (κ3) is 2.76. The minimum atomic E-state index is -0.900. The number of hydrogen-bond donors (Lipinski definition) is 1. The maximum absolute atomic E-state index is 12.4. The number of esters is 2. The zero-order chi connectivity index (χ0) is 19.7. The third-order valence-corrected chi connectivity index (χ3v) is 6.15. The standard InChI is InChI=1S/C20H24O7/c1-6-8(2)18(22)24-11-7-9(3)13(21)15-16(25-15)20(5)17(27-20)14-12(11)10(4)19(23)26-14/h6,11-17,21H,3-4,7H2,1-2,5H3/b8-6+/t11-,12-,13+,14+,15+,16+,17-,20-/m1/s1. The van der Waals surface area contributed by atoms with Gasteiger partial charge in [0.2, 0.25) is 0 Å². The van der Waals surface area contributed by atoms with E-state index in [0.717, 1.165) is 0 Å². The quantitative estimate of drug-likeness (QED) is 0.335. The van der Waals surface area contributed by atoms with Crippen LogP contribution >= 0.6 is 0 Å². The largest absolute Gasteiger partial charge is 0.458 e. The fourth-order valence-corrected chi connectivity index (χ4v) is 4.18. The summed E-state index contributed by atoms with van der Waals surface area (Å²) in [6.07, 6.45) is -1.54. The molecule has 0 aromatic rings. The molecule has 3 heterocycles. The zero-order valence-electron chi connectivity index (χ0n) is 15.6. The van der Waals surface area contributed by atoms with Crippen molar-refractivity contribution in [1.82, 2.24) is 0 Å². The summed E-state index contributed by atoms with van der Waals surface area (Å²) >= 11 is 0. The summed E-state index contributed by atoms with van der Waals surface area (Å²) in [5.41, 5.74) is 0.505. The zero-order valence-corrected chi connectivity index (χ0v) is 15.6. The molecule has 4 rings (SSSR count). The predicted octanol–water partition coefficient (Wildman–Crippen LogP) is 1.21. The van der Waals surface area contributed by atoms with Crippen LogP contribution in [0, 0.1) is 5.92 Å². The molecule has 4 fully saturated rings. The Hall–Kier alpha value is -1.96. The highest BCUT2D eigenvalue weighted by Crippen LogP contribution is 2.56. The molecule has 0 amide bonds. The number of hydrogen-bond acceptors (Lipinski definition) is 7. The first-order valence-corrected chi connectivity index (χ1v) is 9.11. The molecule has 0 aromatic heterocycles. The van der Waals surface area contributed by atoms with Gasteiger partial charge in [0.15, 0.2) is 0 Å². The number of carbonyl (C=O) groups is 2. The van der Waals surface area contributed by atoms with E-state index in [9.17, 15) is 14.7 Å². The van der Waals surface area contributed by atoms with Crippen LogP contribution in [-0.2, 0) is 28.5 Å². The van der Waals surface area contributed by atoms with Gasteiger partial charge in [-0.1, -0.05) is 19.2 Å². The normalized spacial score (nSPS) is 46.0. The van der Waals surface area contributed by atoms with Crippen LogP contribution in [0.2, 0.25) is 0 Å². The minimum absolute atomic E-state index is 0.177. The van der Waals surface area contributed by atoms with Gasteiger partial charge in [0.25, 0.3) is 0 Å². The first kappa shape index (κ1) is 18.4. The lowest BCUT2D eigenvalue weighted by Crippen LogP contribution is -2.41. The molecule has 0 radical (unpaired) electrons. The van der Waals surface area contributed by atoms with Gasteiger partial charge in [-0.3, -0.25) is 0 Å². The van der Waals surface area contributed by atoms with Gasteiger partial charge in [-0.2, -0.15) is 0 Å². The molecular weight excluding hydrogens is 352 g/mol. The van der Waals surface area contributed by atoms with Crippen molar-refractivity contribution in [2.75, 3.05) is 0 Å². The van der Waals surface area contributed by atoms with E-state index >= 15 is 0 Å². The fraction of sp³-hybridized carbons (Fsp3) is 0.600. The highest BCUT2D eigenvalue weighted by molar-refractivity contribution is 5.91. The molecule has 8 atom stereocenters. The average molecular weight is 376 g/mol. The maximum atomic E-state index is 12.4. The topological polar surface area (TPSA) is 97.9 Å².